The van der Waals surface area contributed by atoms with E-state index in [4.69, 9.17) is 9.98 Å². The number of thiazole rings is 1. The molecule has 0 aliphatic heterocycles. The van der Waals surface area contributed by atoms with Crippen molar-refractivity contribution in [1.29, 1.82) is 0 Å². The largest absolute Gasteiger partial charge is 0.507 e. The Morgan fingerprint density at radius 3 is 2.17 bits per heavy atom. The summed E-state index contributed by atoms with van der Waals surface area (Å²) in [4.78, 5) is 10.1. The van der Waals surface area contributed by atoms with Crippen LogP contribution in [-0.4, -0.2) is 16.3 Å². The number of benzene rings is 5. The average molecular weight is 567 g/mol. The highest BCUT2D eigenvalue weighted by molar-refractivity contribution is 7.21. The number of phenolic OH excluding ortho intramolecular Hbond substituents is 1. The van der Waals surface area contributed by atoms with Gasteiger partial charge in [-0.25, -0.2) is 4.98 Å². The fourth-order valence-corrected chi connectivity index (χ4v) is 6.37. The number of aromatic hydroxyl groups is 1. The van der Waals surface area contributed by atoms with E-state index in [1.54, 1.807) is 23.6 Å². The van der Waals surface area contributed by atoms with E-state index in [9.17, 15) is 5.11 Å². The summed E-state index contributed by atoms with van der Waals surface area (Å²) in [7, 11) is 0. The average Bonchev–Trinajstić information content (AvgIpc) is 3.40. The summed E-state index contributed by atoms with van der Waals surface area (Å²) in [5.74, 6) is 0.201. The predicted octanol–water partition coefficient (Wildman–Crippen LogP) is 10.7. The molecule has 0 bridgehead atoms. The number of aliphatic imine (C=N–C) groups is 1. The maximum Gasteiger partial charge on any atom is 0.126 e. The fraction of sp³-hybridized carbons (Fsp3) is 0.158. The number of fused-ring (bicyclic) bond motifs is 1. The van der Waals surface area contributed by atoms with Gasteiger partial charge in [0.25, 0.3) is 0 Å². The SMILES string of the molecule is Cc1cc(C)cc(-c2ccc(O)c(C=Nc3ccccc3-c3nc4c(-c5ccccc5)cc(C(C)(C)C)cc4s3)c2)c1. The highest BCUT2D eigenvalue weighted by Crippen LogP contribution is 2.41. The van der Waals surface area contributed by atoms with E-state index < -0.39 is 0 Å². The van der Waals surface area contributed by atoms with Crippen LogP contribution >= 0.6 is 11.3 Å². The van der Waals surface area contributed by atoms with Crippen LogP contribution in [0.25, 0.3) is 43.0 Å². The molecule has 0 saturated carbocycles. The topological polar surface area (TPSA) is 45.5 Å². The van der Waals surface area contributed by atoms with Gasteiger partial charge in [-0.2, -0.15) is 0 Å². The zero-order valence-electron chi connectivity index (χ0n) is 24.6. The molecule has 4 heteroatoms. The second-order valence-electron chi connectivity index (χ2n) is 11.9. The molecule has 0 amide bonds. The van der Waals surface area contributed by atoms with Gasteiger partial charge in [0, 0.05) is 22.9 Å². The number of hydrogen-bond donors (Lipinski definition) is 1. The van der Waals surface area contributed by atoms with E-state index in [0.717, 1.165) is 48.7 Å². The molecule has 0 radical (unpaired) electrons. The quantitative estimate of drug-likeness (QED) is 0.211. The Hall–Kier alpha value is -4.54. The Labute approximate surface area is 251 Å². The van der Waals surface area contributed by atoms with Gasteiger partial charge in [0.15, 0.2) is 0 Å². The monoisotopic (exact) mass is 566 g/mol. The predicted molar refractivity (Wildman–Crippen MR) is 179 cm³/mol. The van der Waals surface area contributed by atoms with Crippen molar-refractivity contribution in [2.45, 2.75) is 40.0 Å². The van der Waals surface area contributed by atoms with Crippen molar-refractivity contribution >= 4 is 33.5 Å². The van der Waals surface area contributed by atoms with E-state index in [2.05, 4.69) is 95.3 Å². The maximum atomic E-state index is 10.7. The highest BCUT2D eigenvalue weighted by atomic mass is 32.1. The van der Waals surface area contributed by atoms with E-state index in [1.807, 2.05) is 36.4 Å². The van der Waals surface area contributed by atoms with Crippen molar-refractivity contribution < 1.29 is 5.11 Å². The summed E-state index contributed by atoms with van der Waals surface area (Å²) in [6.07, 6.45) is 1.75. The molecule has 5 aromatic carbocycles. The molecule has 0 atom stereocenters. The van der Waals surface area contributed by atoms with Gasteiger partial charge in [0.2, 0.25) is 0 Å². The molecule has 1 N–H and O–H groups in total. The normalized spacial score (nSPS) is 11.9. The van der Waals surface area contributed by atoms with Crippen LogP contribution in [0.3, 0.4) is 0 Å². The number of aromatic nitrogens is 1. The molecular weight excluding hydrogens is 532 g/mol. The zero-order chi connectivity index (χ0) is 29.4. The van der Waals surface area contributed by atoms with Crippen molar-refractivity contribution in [2.24, 2.45) is 4.99 Å². The second kappa shape index (κ2) is 11.0. The summed E-state index contributed by atoms with van der Waals surface area (Å²) in [5, 5.41) is 11.6. The molecule has 0 spiro atoms. The van der Waals surface area contributed by atoms with Gasteiger partial charge in [-0.05, 0) is 77.9 Å². The van der Waals surface area contributed by atoms with Crippen LogP contribution < -0.4 is 0 Å². The van der Waals surface area contributed by atoms with Crippen LogP contribution in [0.15, 0.2) is 108 Å². The Morgan fingerprint density at radius 2 is 1.43 bits per heavy atom. The second-order valence-corrected chi connectivity index (χ2v) is 13.0. The molecule has 6 rings (SSSR count). The van der Waals surface area contributed by atoms with Crippen LogP contribution in [-0.2, 0) is 5.41 Å². The fourth-order valence-electron chi connectivity index (χ4n) is 5.30. The van der Waals surface area contributed by atoms with Crippen LogP contribution in [0.1, 0.15) is 43.0 Å². The first-order chi connectivity index (χ1) is 20.2. The summed E-state index contributed by atoms with van der Waals surface area (Å²) in [6, 6.07) is 35.3. The van der Waals surface area contributed by atoms with Crippen molar-refractivity contribution in [3.05, 3.63) is 125 Å². The van der Waals surface area contributed by atoms with E-state index >= 15 is 0 Å². The van der Waals surface area contributed by atoms with Gasteiger partial charge in [0.05, 0.1) is 15.9 Å². The van der Waals surface area contributed by atoms with Crippen LogP contribution in [0, 0.1) is 13.8 Å². The van der Waals surface area contributed by atoms with Crippen LogP contribution in [0.5, 0.6) is 5.75 Å². The molecule has 6 aromatic rings. The van der Waals surface area contributed by atoms with Gasteiger partial charge in [-0.15, -0.1) is 11.3 Å². The Morgan fingerprint density at radius 1 is 0.714 bits per heavy atom. The van der Waals surface area contributed by atoms with Gasteiger partial charge in [0.1, 0.15) is 10.8 Å². The minimum absolute atomic E-state index is 0.0117. The number of para-hydroxylation sites is 1. The Kier molecular flexibility index (Phi) is 7.26. The van der Waals surface area contributed by atoms with Crippen molar-refractivity contribution in [3.63, 3.8) is 0 Å². The lowest BCUT2D eigenvalue weighted by Crippen LogP contribution is -2.10. The maximum absolute atomic E-state index is 10.7. The van der Waals surface area contributed by atoms with Gasteiger partial charge < -0.3 is 5.11 Å². The minimum Gasteiger partial charge on any atom is -0.507 e. The minimum atomic E-state index is 0.0117. The standard InChI is InChI=1S/C38H34N2OS/c1-24-17-25(2)19-28(18-24)27-15-16-34(41)29(20-27)23-39-33-14-10-9-13-31(33)37-40-36-32(26-11-7-6-8-12-26)21-30(38(3,4)5)22-35(36)42-37/h6-23,41H,1-5H3. The first-order valence-electron chi connectivity index (χ1n) is 14.2. The number of hydrogen-bond acceptors (Lipinski definition) is 4. The van der Waals surface area contributed by atoms with E-state index in [1.165, 1.54) is 16.7 Å². The number of nitrogens with zero attached hydrogens (tertiary/aromatic N) is 2. The number of rotatable bonds is 5. The number of aryl methyl sites for hydroxylation is 2. The summed E-state index contributed by atoms with van der Waals surface area (Å²) in [5.41, 5.74) is 11.7. The molecule has 0 aliphatic rings. The molecule has 42 heavy (non-hydrogen) atoms. The van der Waals surface area contributed by atoms with Gasteiger partial charge in [-0.3, -0.25) is 4.99 Å². The molecule has 3 nitrogen and oxygen atoms in total. The molecule has 0 aliphatic carbocycles. The van der Waals surface area contributed by atoms with Crippen molar-refractivity contribution in [3.8, 4) is 38.6 Å². The van der Waals surface area contributed by atoms with Crippen molar-refractivity contribution in [2.75, 3.05) is 0 Å². The summed E-state index contributed by atoms with van der Waals surface area (Å²) >= 11 is 1.70. The molecule has 1 aromatic heterocycles. The molecule has 1 heterocycles. The highest BCUT2D eigenvalue weighted by Gasteiger charge is 2.20. The lowest BCUT2D eigenvalue weighted by Gasteiger charge is -2.20. The van der Waals surface area contributed by atoms with Crippen molar-refractivity contribution in [1.82, 2.24) is 4.98 Å². The lowest BCUT2D eigenvalue weighted by molar-refractivity contribution is 0.474. The summed E-state index contributed by atoms with van der Waals surface area (Å²) in [6.45, 7) is 11.0. The van der Waals surface area contributed by atoms with Gasteiger partial charge in [-0.1, -0.05) is 98.6 Å². The first-order valence-corrected chi connectivity index (χ1v) is 15.0. The van der Waals surface area contributed by atoms with Gasteiger partial charge >= 0.3 is 0 Å². The summed E-state index contributed by atoms with van der Waals surface area (Å²) < 4.78 is 1.16. The third-order valence-electron chi connectivity index (χ3n) is 7.51. The first kappa shape index (κ1) is 27.6. The van der Waals surface area contributed by atoms with Crippen LogP contribution in [0.4, 0.5) is 5.69 Å². The Bertz CT molecular complexity index is 1920. The molecule has 208 valence electrons. The molecule has 0 unspecified atom stereocenters. The number of phenols is 1. The molecular formula is C38H34N2OS. The molecule has 0 fully saturated rings. The molecule has 0 saturated heterocycles. The lowest BCUT2D eigenvalue weighted by atomic mass is 9.85. The third kappa shape index (κ3) is 5.63. The third-order valence-corrected chi connectivity index (χ3v) is 8.54. The van der Waals surface area contributed by atoms with E-state index in [-0.39, 0.29) is 11.2 Å². The van der Waals surface area contributed by atoms with E-state index in [0.29, 0.717) is 5.56 Å². The Balaban J connectivity index is 1.42. The zero-order valence-corrected chi connectivity index (χ0v) is 25.5. The smallest absolute Gasteiger partial charge is 0.126 e. The van der Waals surface area contributed by atoms with Crippen LogP contribution in [0.2, 0.25) is 0 Å².